The Hall–Kier alpha value is -2.28. The van der Waals surface area contributed by atoms with Crippen LogP contribution in [0.3, 0.4) is 0 Å². The highest BCUT2D eigenvalue weighted by molar-refractivity contribution is 5.98. The minimum atomic E-state index is -0.965. The highest BCUT2D eigenvalue weighted by Crippen LogP contribution is 2.28. The van der Waals surface area contributed by atoms with Gasteiger partial charge in [0, 0.05) is 12.1 Å². The van der Waals surface area contributed by atoms with E-state index in [-0.39, 0.29) is 18.0 Å². The lowest BCUT2D eigenvalue weighted by Crippen LogP contribution is -2.35. The fourth-order valence-electron chi connectivity index (χ4n) is 1.96. The number of anilines is 1. The van der Waals surface area contributed by atoms with Gasteiger partial charge < -0.3 is 10.0 Å². The van der Waals surface area contributed by atoms with Crippen molar-refractivity contribution in [1.82, 2.24) is 0 Å². The molecule has 0 radical (unpaired) electrons. The summed E-state index contributed by atoms with van der Waals surface area (Å²) in [7, 11) is 0. The SMILES string of the molecule is C#CCN1C(=O)CCc2cc(C(=O)O)ccc21. The van der Waals surface area contributed by atoms with Gasteiger partial charge in [0.15, 0.2) is 0 Å². The van der Waals surface area contributed by atoms with Crippen LogP contribution < -0.4 is 4.90 Å². The monoisotopic (exact) mass is 229 g/mol. The molecular formula is C13H11NO3. The van der Waals surface area contributed by atoms with Gasteiger partial charge in [-0.1, -0.05) is 5.92 Å². The molecule has 1 aromatic rings. The molecule has 1 amide bonds. The predicted molar refractivity (Wildman–Crippen MR) is 62.9 cm³/mol. The molecule has 0 spiro atoms. The zero-order valence-electron chi connectivity index (χ0n) is 9.14. The summed E-state index contributed by atoms with van der Waals surface area (Å²) < 4.78 is 0. The molecule has 0 aromatic heterocycles. The quantitative estimate of drug-likeness (QED) is 0.777. The summed E-state index contributed by atoms with van der Waals surface area (Å²) in [6.07, 6.45) is 6.16. The van der Waals surface area contributed by atoms with Crippen LogP contribution in [0, 0.1) is 12.3 Å². The van der Waals surface area contributed by atoms with Gasteiger partial charge >= 0.3 is 5.97 Å². The van der Waals surface area contributed by atoms with Crippen molar-refractivity contribution in [3.63, 3.8) is 0 Å². The molecular weight excluding hydrogens is 218 g/mol. The van der Waals surface area contributed by atoms with Gasteiger partial charge in [-0.2, -0.15) is 0 Å². The van der Waals surface area contributed by atoms with Gasteiger partial charge in [-0.25, -0.2) is 4.79 Å². The minimum absolute atomic E-state index is 0.0153. The number of carboxylic acids is 1. The summed E-state index contributed by atoms with van der Waals surface area (Å²) in [5.74, 6) is 1.45. The number of carboxylic acid groups (broad SMARTS) is 1. The molecule has 0 fully saturated rings. The number of rotatable bonds is 2. The molecule has 0 saturated carbocycles. The number of hydrogen-bond acceptors (Lipinski definition) is 2. The van der Waals surface area contributed by atoms with Crippen molar-refractivity contribution < 1.29 is 14.7 Å². The van der Waals surface area contributed by atoms with Gasteiger partial charge in [0.05, 0.1) is 12.1 Å². The maximum Gasteiger partial charge on any atom is 0.335 e. The Morgan fingerprint density at radius 3 is 2.88 bits per heavy atom. The van der Waals surface area contributed by atoms with Crippen LogP contribution in [0.4, 0.5) is 5.69 Å². The van der Waals surface area contributed by atoms with Gasteiger partial charge in [-0.05, 0) is 30.2 Å². The molecule has 1 N–H and O–H groups in total. The first-order chi connectivity index (χ1) is 8.13. The summed E-state index contributed by atoms with van der Waals surface area (Å²) in [5.41, 5.74) is 1.82. The Labute approximate surface area is 98.9 Å². The van der Waals surface area contributed by atoms with Gasteiger partial charge in [-0.3, -0.25) is 4.79 Å². The first-order valence-electron chi connectivity index (χ1n) is 5.23. The number of fused-ring (bicyclic) bond motifs is 1. The Kier molecular flexibility index (Phi) is 2.84. The molecule has 1 aromatic carbocycles. The van der Waals surface area contributed by atoms with Crippen LogP contribution in [0.1, 0.15) is 22.3 Å². The number of nitrogens with zero attached hydrogens (tertiary/aromatic N) is 1. The second kappa shape index (κ2) is 4.30. The molecule has 1 heterocycles. The smallest absolute Gasteiger partial charge is 0.335 e. The normalized spacial score (nSPS) is 14.1. The van der Waals surface area contributed by atoms with Crippen molar-refractivity contribution in [2.75, 3.05) is 11.4 Å². The largest absolute Gasteiger partial charge is 0.478 e. The molecule has 0 atom stereocenters. The van der Waals surface area contributed by atoms with E-state index in [1.54, 1.807) is 12.1 Å². The van der Waals surface area contributed by atoms with Crippen LogP contribution in [-0.4, -0.2) is 23.5 Å². The highest BCUT2D eigenvalue weighted by Gasteiger charge is 2.24. The van der Waals surface area contributed by atoms with E-state index in [9.17, 15) is 9.59 Å². The maximum absolute atomic E-state index is 11.7. The predicted octanol–water partition coefficient (Wildman–Crippen LogP) is 1.30. The average Bonchev–Trinajstić information content (AvgIpc) is 2.32. The summed E-state index contributed by atoms with van der Waals surface area (Å²) in [6.45, 7) is 0.220. The van der Waals surface area contributed by atoms with Crippen LogP contribution in [0.5, 0.6) is 0 Å². The second-order valence-electron chi connectivity index (χ2n) is 3.83. The lowest BCUT2D eigenvalue weighted by atomic mass is 9.99. The number of hydrogen-bond donors (Lipinski definition) is 1. The summed E-state index contributed by atoms with van der Waals surface area (Å²) in [4.78, 5) is 24.0. The Morgan fingerprint density at radius 2 is 2.24 bits per heavy atom. The molecule has 17 heavy (non-hydrogen) atoms. The van der Waals surface area contributed by atoms with Crippen LogP contribution >= 0.6 is 0 Å². The van der Waals surface area contributed by atoms with Crippen LogP contribution in [0.15, 0.2) is 18.2 Å². The van der Waals surface area contributed by atoms with Crippen molar-refractivity contribution in [2.45, 2.75) is 12.8 Å². The number of amides is 1. The Morgan fingerprint density at radius 1 is 1.47 bits per heavy atom. The Bertz CT molecular complexity index is 528. The van der Waals surface area contributed by atoms with E-state index in [0.717, 1.165) is 11.3 Å². The molecule has 0 unspecified atom stereocenters. The molecule has 0 aliphatic carbocycles. The van der Waals surface area contributed by atoms with Gasteiger partial charge in [0.2, 0.25) is 5.91 Å². The first kappa shape index (κ1) is 11.2. The third kappa shape index (κ3) is 2.00. The van der Waals surface area contributed by atoms with Crippen LogP contribution in [0.2, 0.25) is 0 Å². The molecule has 1 aliphatic rings. The fraction of sp³-hybridized carbons (Fsp3) is 0.231. The van der Waals surface area contributed by atoms with E-state index in [1.165, 1.54) is 11.0 Å². The van der Waals surface area contributed by atoms with E-state index in [2.05, 4.69) is 5.92 Å². The topological polar surface area (TPSA) is 57.6 Å². The van der Waals surface area contributed by atoms with Crippen molar-refractivity contribution in [3.05, 3.63) is 29.3 Å². The molecule has 4 heteroatoms. The number of carbonyl (C=O) groups excluding carboxylic acids is 1. The van der Waals surface area contributed by atoms with E-state index < -0.39 is 5.97 Å². The minimum Gasteiger partial charge on any atom is -0.478 e. The van der Waals surface area contributed by atoms with Crippen molar-refractivity contribution in [1.29, 1.82) is 0 Å². The average molecular weight is 229 g/mol. The Balaban J connectivity index is 2.44. The third-order valence-electron chi connectivity index (χ3n) is 2.78. The fourth-order valence-corrected chi connectivity index (χ4v) is 1.96. The first-order valence-corrected chi connectivity index (χ1v) is 5.23. The lowest BCUT2D eigenvalue weighted by Gasteiger charge is -2.27. The molecule has 4 nitrogen and oxygen atoms in total. The zero-order valence-corrected chi connectivity index (χ0v) is 9.14. The van der Waals surface area contributed by atoms with E-state index >= 15 is 0 Å². The van der Waals surface area contributed by atoms with E-state index in [0.29, 0.717) is 12.8 Å². The number of benzene rings is 1. The third-order valence-corrected chi connectivity index (χ3v) is 2.78. The van der Waals surface area contributed by atoms with E-state index in [1.807, 2.05) is 0 Å². The summed E-state index contributed by atoms with van der Waals surface area (Å²) in [5, 5.41) is 8.89. The van der Waals surface area contributed by atoms with Gasteiger partial charge in [-0.15, -0.1) is 6.42 Å². The van der Waals surface area contributed by atoms with Crippen molar-refractivity contribution in [3.8, 4) is 12.3 Å². The van der Waals surface area contributed by atoms with Crippen LogP contribution in [0.25, 0.3) is 0 Å². The van der Waals surface area contributed by atoms with Gasteiger partial charge in [0.1, 0.15) is 0 Å². The number of aromatic carboxylic acids is 1. The highest BCUT2D eigenvalue weighted by atomic mass is 16.4. The maximum atomic E-state index is 11.7. The van der Waals surface area contributed by atoms with E-state index in [4.69, 9.17) is 11.5 Å². The summed E-state index contributed by atoms with van der Waals surface area (Å²) in [6, 6.07) is 4.74. The van der Waals surface area contributed by atoms with Crippen molar-refractivity contribution >= 4 is 17.6 Å². The standard InChI is InChI=1S/C13H11NO3/c1-2-7-14-11-5-3-10(13(16)17)8-9(11)4-6-12(14)15/h1,3,5,8H,4,6-7H2,(H,16,17). The number of carbonyl (C=O) groups is 2. The lowest BCUT2D eigenvalue weighted by molar-refractivity contribution is -0.118. The van der Waals surface area contributed by atoms with Gasteiger partial charge in [0.25, 0.3) is 0 Å². The molecule has 0 saturated heterocycles. The van der Waals surface area contributed by atoms with Crippen LogP contribution in [-0.2, 0) is 11.2 Å². The number of aryl methyl sites for hydroxylation is 1. The number of terminal acetylenes is 1. The van der Waals surface area contributed by atoms with Crippen molar-refractivity contribution in [2.24, 2.45) is 0 Å². The molecule has 86 valence electrons. The molecule has 0 bridgehead atoms. The second-order valence-corrected chi connectivity index (χ2v) is 3.83. The summed E-state index contributed by atoms with van der Waals surface area (Å²) >= 11 is 0. The molecule has 1 aliphatic heterocycles. The molecule has 2 rings (SSSR count). The zero-order chi connectivity index (χ0) is 12.4.